The zero-order chi connectivity index (χ0) is 13.4. The van der Waals surface area contributed by atoms with Crippen molar-refractivity contribution in [2.45, 2.75) is 13.5 Å². The molecular formula is C14H15N5. The van der Waals surface area contributed by atoms with Crippen LogP contribution in [0.3, 0.4) is 0 Å². The van der Waals surface area contributed by atoms with Crippen LogP contribution in [-0.2, 0) is 13.6 Å². The third-order valence-electron chi connectivity index (χ3n) is 3.11. The Morgan fingerprint density at radius 1 is 1.16 bits per heavy atom. The Hall–Kier alpha value is -2.27. The van der Waals surface area contributed by atoms with Crippen molar-refractivity contribution in [2.75, 3.05) is 0 Å². The maximum Gasteiger partial charge on any atom is 0.165 e. The fourth-order valence-corrected chi connectivity index (χ4v) is 2.27. The van der Waals surface area contributed by atoms with Gasteiger partial charge in [0.2, 0.25) is 0 Å². The van der Waals surface area contributed by atoms with Crippen LogP contribution in [0.1, 0.15) is 11.6 Å². The summed E-state index contributed by atoms with van der Waals surface area (Å²) in [4.78, 5) is 13.1. The highest BCUT2D eigenvalue weighted by Crippen LogP contribution is 2.27. The molecule has 0 aliphatic rings. The van der Waals surface area contributed by atoms with Crippen LogP contribution in [0.25, 0.3) is 22.3 Å². The molecule has 5 nitrogen and oxygen atoms in total. The topological polar surface area (TPSA) is 69.6 Å². The van der Waals surface area contributed by atoms with Crippen LogP contribution < -0.4 is 5.73 Å². The first-order valence-corrected chi connectivity index (χ1v) is 6.15. The van der Waals surface area contributed by atoms with Crippen LogP contribution in [0.5, 0.6) is 0 Å². The molecule has 5 heteroatoms. The molecule has 3 aromatic rings. The molecule has 0 fully saturated rings. The van der Waals surface area contributed by atoms with Gasteiger partial charge in [-0.2, -0.15) is 0 Å². The number of aromatic nitrogens is 4. The summed E-state index contributed by atoms with van der Waals surface area (Å²) in [7, 11) is 2.02. The first-order chi connectivity index (χ1) is 9.19. The van der Waals surface area contributed by atoms with Crippen molar-refractivity contribution < 1.29 is 0 Å². The fraction of sp³-hybridized carbons (Fsp3) is 0.214. The minimum Gasteiger partial charge on any atom is -0.350 e. The molecule has 2 aromatic heterocycles. The SMILES string of the molecule is Cc1nc(CN)nc(-c2cn(C)c3ccccc23)n1. The van der Waals surface area contributed by atoms with Crippen LogP contribution in [0.15, 0.2) is 30.5 Å². The standard InChI is InChI=1S/C14H15N5/c1-9-16-13(7-15)18-14(17-9)11-8-19(2)12-6-4-3-5-10(11)12/h3-6,8H,7,15H2,1-2H3. The monoisotopic (exact) mass is 253 g/mol. The first kappa shape index (κ1) is 11.8. The molecule has 2 N–H and O–H groups in total. The highest BCUT2D eigenvalue weighted by Gasteiger charge is 2.12. The molecular weight excluding hydrogens is 238 g/mol. The zero-order valence-corrected chi connectivity index (χ0v) is 11.0. The summed E-state index contributed by atoms with van der Waals surface area (Å²) in [6, 6.07) is 8.20. The smallest absolute Gasteiger partial charge is 0.165 e. The summed E-state index contributed by atoms with van der Waals surface area (Å²) in [6.45, 7) is 2.18. The average Bonchev–Trinajstić information content (AvgIpc) is 2.76. The number of benzene rings is 1. The van der Waals surface area contributed by atoms with E-state index in [4.69, 9.17) is 5.73 Å². The van der Waals surface area contributed by atoms with Crippen molar-refractivity contribution in [1.82, 2.24) is 19.5 Å². The summed E-state index contributed by atoms with van der Waals surface area (Å²) in [5.41, 5.74) is 7.80. The lowest BCUT2D eigenvalue weighted by molar-refractivity contribution is 0.851. The van der Waals surface area contributed by atoms with Crippen molar-refractivity contribution in [3.63, 3.8) is 0 Å². The Morgan fingerprint density at radius 3 is 2.74 bits per heavy atom. The van der Waals surface area contributed by atoms with E-state index in [1.54, 1.807) is 0 Å². The Balaban J connectivity index is 2.27. The van der Waals surface area contributed by atoms with Crippen LogP contribution in [-0.4, -0.2) is 19.5 Å². The molecule has 1 aromatic carbocycles. The first-order valence-electron chi connectivity index (χ1n) is 6.15. The van der Waals surface area contributed by atoms with Crippen LogP contribution in [0.2, 0.25) is 0 Å². The summed E-state index contributed by atoms with van der Waals surface area (Å²) < 4.78 is 2.08. The van der Waals surface area contributed by atoms with E-state index in [0.717, 1.165) is 16.5 Å². The number of fused-ring (bicyclic) bond motifs is 1. The summed E-state index contributed by atoms with van der Waals surface area (Å²) in [5.74, 6) is 2.00. The van der Waals surface area contributed by atoms with E-state index in [9.17, 15) is 0 Å². The molecule has 0 amide bonds. The number of rotatable bonds is 2. The van der Waals surface area contributed by atoms with E-state index in [0.29, 0.717) is 24.0 Å². The third kappa shape index (κ3) is 1.98. The van der Waals surface area contributed by atoms with Crippen LogP contribution >= 0.6 is 0 Å². The molecule has 96 valence electrons. The lowest BCUT2D eigenvalue weighted by atomic mass is 10.1. The van der Waals surface area contributed by atoms with Gasteiger partial charge in [0.05, 0.1) is 6.54 Å². The zero-order valence-electron chi connectivity index (χ0n) is 11.0. The number of nitrogens with zero attached hydrogens (tertiary/aromatic N) is 4. The molecule has 0 aliphatic heterocycles. The van der Waals surface area contributed by atoms with Crippen molar-refractivity contribution in [3.8, 4) is 11.4 Å². The minimum absolute atomic E-state index is 0.321. The quantitative estimate of drug-likeness (QED) is 0.756. The van der Waals surface area contributed by atoms with E-state index in [1.165, 1.54) is 0 Å². The van der Waals surface area contributed by atoms with Gasteiger partial charge in [-0.05, 0) is 13.0 Å². The molecule has 19 heavy (non-hydrogen) atoms. The Morgan fingerprint density at radius 2 is 1.95 bits per heavy atom. The molecule has 0 saturated carbocycles. The van der Waals surface area contributed by atoms with Gasteiger partial charge < -0.3 is 10.3 Å². The molecule has 0 saturated heterocycles. The average molecular weight is 253 g/mol. The molecule has 0 bridgehead atoms. The van der Waals surface area contributed by atoms with E-state index in [2.05, 4.69) is 31.7 Å². The molecule has 0 unspecified atom stereocenters. The lowest BCUT2D eigenvalue weighted by Crippen LogP contribution is -2.07. The van der Waals surface area contributed by atoms with Gasteiger partial charge in [0.1, 0.15) is 11.6 Å². The van der Waals surface area contributed by atoms with Crippen molar-refractivity contribution in [1.29, 1.82) is 0 Å². The van der Waals surface area contributed by atoms with E-state index < -0.39 is 0 Å². The Kier molecular flexibility index (Phi) is 2.76. The third-order valence-corrected chi connectivity index (χ3v) is 3.11. The summed E-state index contributed by atoms with van der Waals surface area (Å²) >= 11 is 0. The molecule has 0 radical (unpaired) electrons. The normalized spacial score (nSPS) is 11.1. The molecule has 2 heterocycles. The largest absolute Gasteiger partial charge is 0.350 e. The Bertz CT molecular complexity index is 745. The van der Waals surface area contributed by atoms with Crippen LogP contribution in [0, 0.1) is 6.92 Å². The second-order valence-corrected chi connectivity index (χ2v) is 4.50. The highest BCUT2D eigenvalue weighted by molar-refractivity contribution is 5.94. The van der Waals surface area contributed by atoms with Gasteiger partial charge in [-0.1, -0.05) is 18.2 Å². The summed E-state index contributed by atoms with van der Waals surface area (Å²) in [6.07, 6.45) is 2.04. The van der Waals surface area contributed by atoms with Gasteiger partial charge in [0.15, 0.2) is 5.82 Å². The van der Waals surface area contributed by atoms with Gasteiger partial charge in [-0.25, -0.2) is 15.0 Å². The predicted octanol–water partition coefficient (Wildman–Crippen LogP) is 1.80. The van der Waals surface area contributed by atoms with Gasteiger partial charge >= 0.3 is 0 Å². The van der Waals surface area contributed by atoms with Crippen molar-refractivity contribution in [2.24, 2.45) is 12.8 Å². The van der Waals surface area contributed by atoms with Crippen molar-refractivity contribution in [3.05, 3.63) is 42.1 Å². The second-order valence-electron chi connectivity index (χ2n) is 4.50. The lowest BCUT2D eigenvalue weighted by Gasteiger charge is -2.02. The number of nitrogens with two attached hydrogens (primary N) is 1. The Labute approximate surface area is 111 Å². The van der Waals surface area contributed by atoms with Gasteiger partial charge in [0.25, 0.3) is 0 Å². The number of aryl methyl sites for hydroxylation is 2. The molecule has 0 aliphatic carbocycles. The number of hydrogen-bond donors (Lipinski definition) is 1. The van der Waals surface area contributed by atoms with E-state index in [-0.39, 0.29) is 0 Å². The van der Waals surface area contributed by atoms with Crippen LogP contribution in [0.4, 0.5) is 0 Å². The highest BCUT2D eigenvalue weighted by atomic mass is 15.0. The number of hydrogen-bond acceptors (Lipinski definition) is 4. The van der Waals surface area contributed by atoms with Gasteiger partial charge in [-0.3, -0.25) is 0 Å². The van der Waals surface area contributed by atoms with Gasteiger partial charge in [-0.15, -0.1) is 0 Å². The molecule has 0 atom stereocenters. The minimum atomic E-state index is 0.321. The molecule has 0 spiro atoms. The maximum absolute atomic E-state index is 5.63. The molecule has 3 rings (SSSR count). The fourth-order valence-electron chi connectivity index (χ4n) is 2.27. The second kappa shape index (κ2) is 4.44. The van der Waals surface area contributed by atoms with Gasteiger partial charge in [0, 0.05) is 29.7 Å². The van der Waals surface area contributed by atoms with E-state index in [1.807, 2.05) is 32.3 Å². The maximum atomic E-state index is 5.63. The van der Waals surface area contributed by atoms with Crippen molar-refractivity contribution >= 4 is 10.9 Å². The summed E-state index contributed by atoms with van der Waals surface area (Å²) in [5, 5.41) is 1.14. The van der Waals surface area contributed by atoms with E-state index >= 15 is 0 Å². The predicted molar refractivity (Wildman–Crippen MR) is 74.4 cm³/mol. The number of para-hydroxylation sites is 1.